The van der Waals surface area contributed by atoms with E-state index in [1.165, 1.54) is 11.3 Å². The molecule has 1 heterocycles. The van der Waals surface area contributed by atoms with Crippen LogP contribution in [-0.2, 0) is 0 Å². The van der Waals surface area contributed by atoms with Crippen LogP contribution in [0.5, 0.6) is 0 Å². The van der Waals surface area contributed by atoms with Crippen LogP contribution in [0.15, 0.2) is 17.1 Å². The summed E-state index contributed by atoms with van der Waals surface area (Å²) in [6, 6.07) is 3.90. The highest BCUT2D eigenvalue weighted by atomic mass is 35.5. The predicted molar refractivity (Wildman–Crippen MR) is 52.8 cm³/mol. The molecule has 0 bridgehead atoms. The summed E-state index contributed by atoms with van der Waals surface area (Å²) >= 11 is 11.7. The van der Waals surface area contributed by atoms with Crippen molar-refractivity contribution in [2.75, 3.05) is 0 Å². The summed E-state index contributed by atoms with van der Waals surface area (Å²) in [6.45, 7) is 1.96. The molecule has 0 saturated heterocycles. The molecule has 0 aliphatic rings. The third-order valence-electron chi connectivity index (χ3n) is 1.25. The number of halogens is 1. The summed E-state index contributed by atoms with van der Waals surface area (Å²) in [5.41, 5.74) is 0. The number of rotatable bonds is 2. The standard InChI is InChI=1S/C7H6ClNS2/c1-5(9-4-10)6-2-3-7(8)11-6/h2-3,5H,1H3. The molecule has 0 saturated carbocycles. The Balaban J connectivity index is 2.84. The summed E-state index contributed by atoms with van der Waals surface area (Å²) in [7, 11) is 0. The van der Waals surface area contributed by atoms with Crippen LogP contribution in [-0.4, -0.2) is 5.16 Å². The van der Waals surface area contributed by atoms with Crippen LogP contribution in [0.3, 0.4) is 0 Å². The van der Waals surface area contributed by atoms with E-state index in [1.807, 2.05) is 19.1 Å². The van der Waals surface area contributed by atoms with E-state index < -0.39 is 0 Å². The first-order valence-corrected chi connectivity index (χ1v) is 4.66. The number of isothiocyanates is 1. The number of aliphatic imine (C=N–C) groups is 1. The molecule has 0 radical (unpaired) electrons. The Hall–Kier alpha value is -0.210. The highest BCUT2D eigenvalue weighted by Crippen LogP contribution is 2.28. The maximum absolute atomic E-state index is 5.74. The average Bonchev–Trinajstić information content (AvgIpc) is 2.36. The zero-order chi connectivity index (χ0) is 8.27. The highest BCUT2D eigenvalue weighted by Gasteiger charge is 2.04. The van der Waals surface area contributed by atoms with Gasteiger partial charge in [-0.25, -0.2) is 4.99 Å². The predicted octanol–water partition coefficient (Wildman–Crippen LogP) is 3.57. The Morgan fingerprint density at radius 1 is 1.73 bits per heavy atom. The van der Waals surface area contributed by atoms with Crippen molar-refractivity contribution in [3.63, 3.8) is 0 Å². The molecule has 58 valence electrons. The molecular weight excluding hydrogens is 198 g/mol. The Kier molecular flexibility index (Phi) is 3.21. The molecule has 0 N–H and O–H groups in total. The SMILES string of the molecule is CC(N=C=S)c1ccc(Cl)s1. The Labute approximate surface area is 79.7 Å². The minimum Gasteiger partial charge on any atom is -0.224 e. The summed E-state index contributed by atoms with van der Waals surface area (Å²) in [5.74, 6) is 0. The zero-order valence-electron chi connectivity index (χ0n) is 5.87. The molecule has 1 aromatic rings. The van der Waals surface area contributed by atoms with E-state index in [1.54, 1.807) is 0 Å². The molecule has 1 atom stereocenters. The molecule has 1 aromatic heterocycles. The number of thiophene rings is 1. The van der Waals surface area contributed by atoms with E-state index in [2.05, 4.69) is 22.4 Å². The molecule has 0 aliphatic heterocycles. The Bertz CT molecular complexity index is 288. The van der Waals surface area contributed by atoms with Gasteiger partial charge < -0.3 is 0 Å². The van der Waals surface area contributed by atoms with Crippen molar-refractivity contribution in [2.24, 2.45) is 4.99 Å². The van der Waals surface area contributed by atoms with Crippen molar-refractivity contribution in [3.05, 3.63) is 21.3 Å². The van der Waals surface area contributed by atoms with Gasteiger partial charge in [-0.05, 0) is 31.3 Å². The van der Waals surface area contributed by atoms with Gasteiger partial charge in [0.1, 0.15) is 0 Å². The molecule has 1 unspecified atom stereocenters. The lowest BCUT2D eigenvalue weighted by molar-refractivity contribution is 0.848. The summed E-state index contributed by atoms with van der Waals surface area (Å²) < 4.78 is 0.784. The Morgan fingerprint density at radius 3 is 2.91 bits per heavy atom. The monoisotopic (exact) mass is 203 g/mol. The summed E-state index contributed by atoms with van der Waals surface area (Å²) in [5, 5.41) is 2.35. The molecule has 0 aromatic carbocycles. The first-order valence-electron chi connectivity index (χ1n) is 3.06. The maximum Gasteiger partial charge on any atom is 0.0932 e. The molecule has 0 aliphatic carbocycles. The lowest BCUT2D eigenvalue weighted by Gasteiger charge is -1.97. The first kappa shape index (κ1) is 8.88. The fraction of sp³-hybridized carbons (Fsp3) is 0.286. The van der Waals surface area contributed by atoms with Crippen LogP contribution in [0.1, 0.15) is 17.8 Å². The van der Waals surface area contributed by atoms with E-state index in [0.29, 0.717) is 0 Å². The summed E-state index contributed by atoms with van der Waals surface area (Å²) in [6.07, 6.45) is 0. The lowest BCUT2D eigenvalue weighted by atomic mass is 10.3. The van der Waals surface area contributed by atoms with Gasteiger partial charge in [0.2, 0.25) is 0 Å². The zero-order valence-corrected chi connectivity index (χ0v) is 8.26. The largest absolute Gasteiger partial charge is 0.224 e. The molecular formula is C7H6ClNS2. The van der Waals surface area contributed by atoms with Crippen LogP contribution < -0.4 is 0 Å². The van der Waals surface area contributed by atoms with E-state index in [9.17, 15) is 0 Å². The average molecular weight is 204 g/mol. The van der Waals surface area contributed by atoms with Gasteiger partial charge in [0.15, 0.2) is 0 Å². The van der Waals surface area contributed by atoms with Crippen LogP contribution in [0.2, 0.25) is 4.34 Å². The van der Waals surface area contributed by atoms with Crippen molar-refractivity contribution in [2.45, 2.75) is 13.0 Å². The van der Waals surface area contributed by atoms with Gasteiger partial charge in [-0.1, -0.05) is 11.6 Å². The van der Waals surface area contributed by atoms with Gasteiger partial charge in [0.05, 0.1) is 15.5 Å². The second-order valence-corrected chi connectivity index (χ2v) is 3.97. The number of hydrogen-bond donors (Lipinski definition) is 0. The van der Waals surface area contributed by atoms with Gasteiger partial charge in [0.25, 0.3) is 0 Å². The minimum atomic E-state index is 0.0880. The van der Waals surface area contributed by atoms with E-state index in [0.717, 1.165) is 9.21 Å². The third-order valence-corrected chi connectivity index (χ3v) is 2.76. The number of nitrogens with zero attached hydrogens (tertiary/aromatic N) is 1. The van der Waals surface area contributed by atoms with E-state index in [4.69, 9.17) is 11.6 Å². The van der Waals surface area contributed by atoms with Gasteiger partial charge in [-0.2, -0.15) is 0 Å². The van der Waals surface area contributed by atoms with Crippen molar-refractivity contribution in [1.82, 2.24) is 0 Å². The van der Waals surface area contributed by atoms with Crippen molar-refractivity contribution in [3.8, 4) is 0 Å². The fourth-order valence-electron chi connectivity index (χ4n) is 0.695. The van der Waals surface area contributed by atoms with Gasteiger partial charge >= 0.3 is 0 Å². The maximum atomic E-state index is 5.74. The van der Waals surface area contributed by atoms with Gasteiger partial charge in [0, 0.05) is 4.88 Å². The smallest absolute Gasteiger partial charge is 0.0932 e. The third kappa shape index (κ3) is 2.38. The molecule has 4 heteroatoms. The summed E-state index contributed by atoms with van der Waals surface area (Å²) in [4.78, 5) is 5.04. The fourth-order valence-corrected chi connectivity index (χ4v) is 1.90. The highest BCUT2D eigenvalue weighted by molar-refractivity contribution is 7.78. The first-order chi connectivity index (χ1) is 5.24. The van der Waals surface area contributed by atoms with Crippen LogP contribution >= 0.6 is 35.2 Å². The second-order valence-electron chi connectivity index (χ2n) is 2.04. The minimum absolute atomic E-state index is 0.0880. The second kappa shape index (κ2) is 3.98. The van der Waals surface area contributed by atoms with Gasteiger partial charge in [-0.15, -0.1) is 11.3 Å². The lowest BCUT2D eigenvalue weighted by Crippen LogP contribution is -1.81. The van der Waals surface area contributed by atoms with E-state index >= 15 is 0 Å². The van der Waals surface area contributed by atoms with Gasteiger partial charge in [-0.3, -0.25) is 0 Å². The quantitative estimate of drug-likeness (QED) is 0.529. The van der Waals surface area contributed by atoms with Crippen molar-refractivity contribution >= 4 is 40.3 Å². The topological polar surface area (TPSA) is 12.4 Å². The van der Waals surface area contributed by atoms with Crippen LogP contribution in [0, 0.1) is 0 Å². The Morgan fingerprint density at radius 2 is 2.45 bits per heavy atom. The molecule has 11 heavy (non-hydrogen) atoms. The molecule has 0 amide bonds. The molecule has 0 fully saturated rings. The van der Waals surface area contributed by atoms with Crippen molar-refractivity contribution < 1.29 is 0 Å². The molecule has 0 spiro atoms. The molecule has 1 rings (SSSR count). The van der Waals surface area contributed by atoms with E-state index in [-0.39, 0.29) is 6.04 Å². The number of thiocarbonyl (C=S) groups is 1. The van der Waals surface area contributed by atoms with Crippen LogP contribution in [0.4, 0.5) is 0 Å². The molecule has 1 nitrogen and oxygen atoms in total. The van der Waals surface area contributed by atoms with Crippen LogP contribution in [0.25, 0.3) is 0 Å². The van der Waals surface area contributed by atoms with Crippen molar-refractivity contribution in [1.29, 1.82) is 0 Å². The number of hydrogen-bond acceptors (Lipinski definition) is 3. The normalized spacial score (nSPS) is 12.2.